The second-order valence-corrected chi connectivity index (χ2v) is 7.30. The number of nitrogens with zero attached hydrogens (tertiary/aromatic N) is 1. The van der Waals surface area contributed by atoms with Crippen LogP contribution >= 0.6 is 0 Å². The van der Waals surface area contributed by atoms with E-state index < -0.39 is 10.1 Å². The molecule has 9 heteroatoms. The average molecular weight is 374 g/mol. The van der Waals surface area contributed by atoms with Crippen molar-refractivity contribution in [3.05, 3.63) is 51.2 Å². The lowest BCUT2D eigenvalue weighted by Gasteiger charge is -2.10. The highest BCUT2D eigenvalue weighted by Gasteiger charge is 2.15. The van der Waals surface area contributed by atoms with Gasteiger partial charge in [0.2, 0.25) is 0 Å². The van der Waals surface area contributed by atoms with Crippen molar-refractivity contribution in [2.75, 3.05) is 13.4 Å². The fraction of sp³-hybridized carbons (Fsp3) is 0.438. The zero-order valence-corrected chi connectivity index (χ0v) is 15.6. The molecule has 0 fully saturated rings. The van der Waals surface area contributed by atoms with E-state index in [0.717, 1.165) is 5.69 Å². The molecule has 1 aromatic heterocycles. The highest BCUT2D eigenvalue weighted by molar-refractivity contribution is 7.85. The number of hydrogen-bond acceptors (Lipinski definition) is 4. The summed E-state index contributed by atoms with van der Waals surface area (Å²) in [6, 6.07) is 4.84. The molecule has 1 heterocycles. The third kappa shape index (κ3) is 6.35. The van der Waals surface area contributed by atoms with Crippen LogP contribution in [0, 0.1) is 12.7 Å². The fourth-order valence-electron chi connectivity index (χ4n) is 2.28. The molecule has 2 N–H and O–H groups in total. The highest BCUT2D eigenvalue weighted by atomic mass is 32.2. The van der Waals surface area contributed by atoms with E-state index >= 15 is 0 Å². The molecule has 0 aliphatic heterocycles. The molecule has 0 atom stereocenters. The van der Waals surface area contributed by atoms with Crippen LogP contribution in [-0.2, 0) is 16.5 Å². The van der Waals surface area contributed by atoms with Gasteiger partial charge in [0, 0.05) is 29.8 Å². The molecule has 0 amide bonds. The van der Waals surface area contributed by atoms with Gasteiger partial charge in [0.15, 0.2) is 0 Å². The van der Waals surface area contributed by atoms with Crippen LogP contribution in [-0.4, -0.2) is 36.1 Å². The van der Waals surface area contributed by atoms with Gasteiger partial charge in [-0.1, -0.05) is 6.07 Å². The van der Waals surface area contributed by atoms with Crippen LogP contribution in [0.4, 0.5) is 4.39 Å². The van der Waals surface area contributed by atoms with Gasteiger partial charge in [-0.2, -0.15) is 8.42 Å². The van der Waals surface area contributed by atoms with E-state index in [1.54, 1.807) is 16.8 Å². The van der Waals surface area contributed by atoms with Crippen LogP contribution in [0.5, 0.6) is 5.75 Å². The van der Waals surface area contributed by atoms with Gasteiger partial charge >= 0.3 is 0 Å². The molecule has 0 unspecified atom stereocenters. The summed E-state index contributed by atoms with van der Waals surface area (Å²) in [5.74, 6) is 0.108. The monoisotopic (exact) mass is 374 g/mol. The van der Waals surface area contributed by atoms with E-state index in [9.17, 15) is 17.6 Å². The first kappa shape index (κ1) is 20.9. The van der Waals surface area contributed by atoms with Crippen LogP contribution in [0.25, 0.3) is 0 Å². The van der Waals surface area contributed by atoms with Gasteiger partial charge in [0.05, 0.1) is 13.4 Å². The van der Waals surface area contributed by atoms with Crippen molar-refractivity contribution >= 4 is 10.1 Å². The first-order chi connectivity index (χ1) is 11.4. The Kier molecular flexibility index (Phi) is 6.95. The van der Waals surface area contributed by atoms with Crippen molar-refractivity contribution in [3.8, 4) is 5.75 Å². The van der Waals surface area contributed by atoms with Crippen LogP contribution in [0.2, 0.25) is 0 Å². The maximum Gasteiger partial charge on any atom is 0.267 e. The third-order valence-electron chi connectivity index (χ3n) is 3.44. The largest absolute Gasteiger partial charge is 0.497 e. The fourth-order valence-corrected chi connectivity index (χ4v) is 2.28. The van der Waals surface area contributed by atoms with Crippen molar-refractivity contribution in [1.82, 2.24) is 9.78 Å². The summed E-state index contributed by atoms with van der Waals surface area (Å²) < 4.78 is 46.6. The Balaban J connectivity index is 0.000000550. The first-order valence-electron chi connectivity index (χ1n) is 7.48. The Hall–Kier alpha value is -2.13. The maximum absolute atomic E-state index is 14.0. The van der Waals surface area contributed by atoms with E-state index in [4.69, 9.17) is 9.29 Å². The highest BCUT2D eigenvalue weighted by Crippen LogP contribution is 2.20. The minimum absolute atomic E-state index is 0.161. The molecule has 0 radical (unpaired) electrons. The lowest BCUT2D eigenvalue weighted by molar-refractivity contribution is 0.411. The number of ether oxygens (including phenoxy) is 1. The molecule has 0 bridgehead atoms. The van der Waals surface area contributed by atoms with Crippen molar-refractivity contribution in [3.63, 3.8) is 0 Å². The molecule has 1 aromatic carbocycles. The Morgan fingerprint density at radius 2 is 1.92 bits per heavy atom. The van der Waals surface area contributed by atoms with Crippen LogP contribution in [0.1, 0.15) is 36.7 Å². The second-order valence-electron chi connectivity index (χ2n) is 5.84. The molecule has 7 nitrogen and oxygen atoms in total. The molecule has 0 aliphatic carbocycles. The number of rotatable bonds is 4. The molecule has 0 aliphatic rings. The molecule has 2 rings (SSSR count). The summed E-state index contributed by atoms with van der Waals surface area (Å²) in [6.07, 6.45) is 0.990. The van der Waals surface area contributed by atoms with Crippen LogP contribution in [0.3, 0.4) is 0 Å². The van der Waals surface area contributed by atoms with Crippen LogP contribution < -0.4 is 10.3 Å². The van der Waals surface area contributed by atoms with Gasteiger partial charge in [0.25, 0.3) is 15.7 Å². The van der Waals surface area contributed by atoms with Crippen LogP contribution in [0.15, 0.2) is 23.0 Å². The van der Waals surface area contributed by atoms with Gasteiger partial charge in [-0.05, 0) is 32.4 Å². The number of H-pyrrole nitrogens is 1. The van der Waals surface area contributed by atoms with Gasteiger partial charge < -0.3 is 4.74 Å². The topological polar surface area (TPSA) is 101 Å². The summed E-state index contributed by atoms with van der Waals surface area (Å²) in [7, 11) is -2.17. The van der Waals surface area contributed by atoms with E-state index in [1.807, 2.05) is 20.8 Å². The standard InChI is InChI=1S/C15H19FN2O2.CH4O3S/c1-9(2)18-10(3)13(15(19)17-18)7-11-5-6-12(20-4)8-14(11)16;1-5(2,3)4/h5-6,8-9H,7H2,1-4H3,(H,17,19);1H3,(H,2,3,4). The lowest BCUT2D eigenvalue weighted by atomic mass is 10.0. The zero-order valence-electron chi connectivity index (χ0n) is 14.8. The number of aromatic nitrogens is 2. The van der Waals surface area contributed by atoms with E-state index in [2.05, 4.69) is 5.10 Å². The van der Waals surface area contributed by atoms with Gasteiger partial charge in [0.1, 0.15) is 11.6 Å². The summed E-state index contributed by atoms with van der Waals surface area (Å²) in [4.78, 5) is 12.0. The van der Waals surface area contributed by atoms with Gasteiger partial charge in [-0.15, -0.1) is 0 Å². The maximum atomic E-state index is 14.0. The molecule has 0 saturated carbocycles. The van der Waals surface area contributed by atoms with E-state index in [-0.39, 0.29) is 23.8 Å². The predicted molar refractivity (Wildman–Crippen MR) is 93.4 cm³/mol. The molecule has 140 valence electrons. The summed E-state index contributed by atoms with van der Waals surface area (Å²) in [6.45, 7) is 5.84. The molecule has 0 saturated heterocycles. The predicted octanol–water partition coefficient (Wildman–Crippen LogP) is 2.31. The number of aromatic amines is 1. The molecular formula is C16H23FN2O5S. The van der Waals surface area contributed by atoms with Crippen molar-refractivity contribution < 1.29 is 22.1 Å². The first-order valence-corrected chi connectivity index (χ1v) is 9.33. The number of benzene rings is 1. The summed E-state index contributed by atoms with van der Waals surface area (Å²) in [5, 5.41) is 2.79. The number of hydrogen-bond donors (Lipinski definition) is 2. The van der Waals surface area contributed by atoms with Gasteiger partial charge in [-0.3, -0.25) is 19.1 Å². The second kappa shape index (κ2) is 8.30. The van der Waals surface area contributed by atoms with Crippen molar-refractivity contribution in [2.24, 2.45) is 0 Å². The van der Waals surface area contributed by atoms with Crippen molar-refractivity contribution in [2.45, 2.75) is 33.2 Å². The van der Waals surface area contributed by atoms with Gasteiger partial charge in [-0.25, -0.2) is 4.39 Å². The molecular weight excluding hydrogens is 351 g/mol. The lowest BCUT2D eigenvalue weighted by Crippen LogP contribution is -2.09. The third-order valence-corrected chi connectivity index (χ3v) is 3.44. The zero-order chi connectivity index (χ0) is 19.4. The Morgan fingerprint density at radius 3 is 2.32 bits per heavy atom. The number of methoxy groups -OCH3 is 1. The average Bonchev–Trinajstić information content (AvgIpc) is 2.75. The molecule has 25 heavy (non-hydrogen) atoms. The number of halogens is 1. The minimum atomic E-state index is -3.67. The normalized spacial score (nSPS) is 11.2. The molecule has 0 spiro atoms. The summed E-state index contributed by atoms with van der Waals surface area (Å²) >= 11 is 0. The van der Waals surface area contributed by atoms with Crippen molar-refractivity contribution in [1.29, 1.82) is 0 Å². The Labute approximate surface area is 146 Å². The minimum Gasteiger partial charge on any atom is -0.497 e. The number of nitrogens with one attached hydrogen (secondary N) is 1. The van der Waals surface area contributed by atoms with E-state index in [1.165, 1.54) is 13.2 Å². The smallest absolute Gasteiger partial charge is 0.267 e. The summed E-state index contributed by atoms with van der Waals surface area (Å²) in [5.41, 5.74) is 1.77. The van der Waals surface area contributed by atoms with E-state index in [0.29, 0.717) is 23.1 Å². The quantitative estimate of drug-likeness (QED) is 0.800. The SMILES string of the molecule is COc1ccc(Cc2c(C)n(C(C)C)[nH]c2=O)c(F)c1.CS(=O)(=O)O. The molecule has 2 aromatic rings. The Morgan fingerprint density at radius 1 is 1.36 bits per heavy atom. The Bertz CT molecular complexity index is 876.